The number of nitrogens with one attached hydrogen (secondary N) is 1. The molecule has 1 N–H and O–H groups in total. The monoisotopic (exact) mass is 388 g/mol. The van der Waals surface area contributed by atoms with Crippen LogP contribution in [0, 0.1) is 12.7 Å². The van der Waals surface area contributed by atoms with E-state index in [9.17, 15) is 14.0 Å². The summed E-state index contributed by atoms with van der Waals surface area (Å²) in [7, 11) is 1.69. The van der Waals surface area contributed by atoms with Crippen LogP contribution in [0.1, 0.15) is 52.2 Å². The molecular formula is C21H25FN2O4. The van der Waals surface area contributed by atoms with E-state index in [0.717, 1.165) is 32.3 Å². The first kappa shape index (κ1) is 20.1. The average Bonchev–Trinajstić information content (AvgIpc) is 3.32. The highest BCUT2D eigenvalue weighted by Gasteiger charge is 2.19. The SMILES string of the molecule is Cc1ccoc1C(=O)Nc1cc(F)cc(C(=O)N(C)CCCC2CCCO2)c1. The molecule has 150 valence electrons. The summed E-state index contributed by atoms with van der Waals surface area (Å²) in [5, 5.41) is 2.58. The minimum atomic E-state index is -0.593. The number of rotatable bonds is 7. The van der Waals surface area contributed by atoms with Crippen LogP contribution in [-0.4, -0.2) is 43.0 Å². The minimum Gasteiger partial charge on any atom is -0.459 e. The van der Waals surface area contributed by atoms with Crippen molar-refractivity contribution in [2.24, 2.45) is 0 Å². The molecule has 2 aromatic rings. The topological polar surface area (TPSA) is 71.8 Å². The molecule has 0 aliphatic carbocycles. The molecule has 1 aromatic carbocycles. The molecule has 1 saturated heterocycles. The maximum absolute atomic E-state index is 14.0. The van der Waals surface area contributed by atoms with Crippen LogP contribution in [0.4, 0.5) is 10.1 Å². The summed E-state index contributed by atoms with van der Waals surface area (Å²) >= 11 is 0. The maximum atomic E-state index is 14.0. The summed E-state index contributed by atoms with van der Waals surface area (Å²) in [6.45, 7) is 3.11. The second-order valence-corrected chi connectivity index (χ2v) is 7.12. The van der Waals surface area contributed by atoms with E-state index >= 15 is 0 Å². The molecule has 1 unspecified atom stereocenters. The first-order chi connectivity index (χ1) is 13.4. The van der Waals surface area contributed by atoms with Crippen LogP contribution in [0.5, 0.6) is 0 Å². The van der Waals surface area contributed by atoms with Crippen LogP contribution in [0.2, 0.25) is 0 Å². The van der Waals surface area contributed by atoms with Gasteiger partial charge in [-0.25, -0.2) is 4.39 Å². The number of ether oxygens (including phenoxy) is 1. The Bertz CT molecular complexity index is 843. The predicted molar refractivity (Wildman–Crippen MR) is 103 cm³/mol. The Morgan fingerprint density at radius 2 is 2.14 bits per heavy atom. The molecule has 0 radical (unpaired) electrons. The Kier molecular flexibility index (Phi) is 6.46. The van der Waals surface area contributed by atoms with Gasteiger partial charge in [0.1, 0.15) is 5.82 Å². The molecule has 1 aromatic heterocycles. The molecule has 7 heteroatoms. The standard InChI is InChI=1S/C21H25FN2O4/c1-14-7-10-28-19(14)20(25)23-17-12-15(11-16(22)13-17)21(26)24(2)8-3-5-18-6-4-9-27-18/h7,10-13,18H,3-6,8-9H2,1-2H3,(H,23,25). The van der Waals surface area contributed by atoms with Gasteiger partial charge in [-0.1, -0.05) is 0 Å². The molecule has 2 amide bonds. The fourth-order valence-corrected chi connectivity index (χ4v) is 3.33. The van der Waals surface area contributed by atoms with Gasteiger partial charge in [-0.3, -0.25) is 9.59 Å². The number of anilines is 1. The summed E-state index contributed by atoms with van der Waals surface area (Å²) in [6.07, 6.45) is 5.59. The van der Waals surface area contributed by atoms with Crippen molar-refractivity contribution < 1.29 is 23.1 Å². The quantitative estimate of drug-likeness (QED) is 0.778. The first-order valence-electron chi connectivity index (χ1n) is 9.47. The third kappa shape index (κ3) is 4.98. The Morgan fingerprint density at radius 1 is 1.32 bits per heavy atom. The molecule has 1 atom stereocenters. The van der Waals surface area contributed by atoms with Gasteiger partial charge in [0.05, 0.1) is 12.4 Å². The van der Waals surface area contributed by atoms with E-state index in [2.05, 4.69) is 5.32 Å². The van der Waals surface area contributed by atoms with Crippen LogP contribution in [0.3, 0.4) is 0 Å². The van der Waals surface area contributed by atoms with Crippen molar-refractivity contribution in [1.82, 2.24) is 4.90 Å². The fraction of sp³-hybridized carbons (Fsp3) is 0.429. The lowest BCUT2D eigenvalue weighted by Crippen LogP contribution is -2.28. The molecular weight excluding hydrogens is 363 g/mol. The molecule has 0 saturated carbocycles. The van der Waals surface area contributed by atoms with Crippen molar-refractivity contribution >= 4 is 17.5 Å². The molecule has 3 rings (SSSR count). The molecule has 2 heterocycles. The van der Waals surface area contributed by atoms with Crippen LogP contribution in [-0.2, 0) is 4.74 Å². The zero-order chi connectivity index (χ0) is 20.1. The zero-order valence-electron chi connectivity index (χ0n) is 16.2. The summed E-state index contributed by atoms with van der Waals surface area (Å²) in [5.74, 6) is -1.22. The summed E-state index contributed by atoms with van der Waals surface area (Å²) in [6, 6.07) is 5.48. The van der Waals surface area contributed by atoms with Gasteiger partial charge in [0.15, 0.2) is 5.76 Å². The van der Waals surface area contributed by atoms with Crippen molar-refractivity contribution in [1.29, 1.82) is 0 Å². The number of nitrogens with zero attached hydrogens (tertiary/aromatic N) is 1. The third-order valence-electron chi connectivity index (χ3n) is 4.86. The van der Waals surface area contributed by atoms with Gasteiger partial charge < -0.3 is 19.4 Å². The normalized spacial score (nSPS) is 16.2. The number of aryl methyl sites for hydroxylation is 1. The number of hydrogen-bond donors (Lipinski definition) is 1. The van der Waals surface area contributed by atoms with Crippen LogP contribution in [0.25, 0.3) is 0 Å². The zero-order valence-corrected chi connectivity index (χ0v) is 16.2. The summed E-state index contributed by atoms with van der Waals surface area (Å²) in [4.78, 5) is 26.5. The largest absolute Gasteiger partial charge is 0.459 e. The van der Waals surface area contributed by atoms with E-state index in [-0.39, 0.29) is 29.0 Å². The van der Waals surface area contributed by atoms with Crippen molar-refractivity contribution in [2.45, 2.75) is 38.7 Å². The summed E-state index contributed by atoms with van der Waals surface area (Å²) in [5.41, 5.74) is 1.07. The number of halogens is 1. The summed E-state index contributed by atoms with van der Waals surface area (Å²) < 4.78 is 24.7. The van der Waals surface area contributed by atoms with Gasteiger partial charge in [0.2, 0.25) is 0 Å². The minimum absolute atomic E-state index is 0.156. The van der Waals surface area contributed by atoms with Gasteiger partial charge in [0, 0.05) is 37.0 Å². The van der Waals surface area contributed by atoms with Gasteiger partial charge in [-0.05, 0) is 56.9 Å². The highest BCUT2D eigenvalue weighted by atomic mass is 19.1. The van der Waals surface area contributed by atoms with E-state index < -0.39 is 11.7 Å². The van der Waals surface area contributed by atoms with Crippen LogP contribution in [0.15, 0.2) is 34.9 Å². The molecule has 0 bridgehead atoms. The van der Waals surface area contributed by atoms with Gasteiger partial charge in [-0.2, -0.15) is 0 Å². The van der Waals surface area contributed by atoms with Crippen molar-refractivity contribution in [3.63, 3.8) is 0 Å². The van der Waals surface area contributed by atoms with Gasteiger partial charge >= 0.3 is 0 Å². The third-order valence-corrected chi connectivity index (χ3v) is 4.86. The van der Waals surface area contributed by atoms with E-state index in [1.807, 2.05) is 0 Å². The van der Waals surface area contributed by atoms with E-state index in [4.69, 9.17) is 9.15 Å². The highest BCUT2D eigenvalue weighted by molar-refractivity contribution is 6.04. The Balaban J connectivity index is 1.61. The number of hydrogen-bond acceptors (Lipinski definition) is 4. The average molecular weight is 388 g/mol. The lowest BCUT2D eigenvalue weighted by molar-refractivity contribution is 0.0762. The number of benzene rings is 1. The Hall–Kier alpha value is -2.67. The van der Waals surface area contributed by atoms with E-state index in [0.29, 0.717) is 12.1 Å². The second-order valence-electron chi connectivity index (χ2n) is 7.12. The number of carbonyl (C=O) groups excluding carboxylic acids is 2. The van der Waals surface area contributed by atoms with E-state index in [1.165, 1.54) is 24.5 Å². The fourth-order valence-electron chi connectivity index (χ4n) is 3.33. The number of carbonyl (C=O) groups is 2. The predicted octanol–water partition coefficient (Wildman–Crippen LogP) is 4.01. The second kappa shape index (κ2) is 9.01. The van der Waals surface area contributed by atoms with Crippen molar-refractivity contribution in [3.05, 3.63) is 53.2 Å². The van der Waals surface area contributed by atoms with Crippen LogP contribution < -0.4 is 5.32 Å². The van der Waals surface area contributed by atoms with Gasteiger partial charge in [0.25, 0.3) is 11.8 Å². The van der Waals surface area contributed by atoms with Crippen LogP contribution >= 0.6 is 0 Å². The van der Waals surface area contributed by atoms with Crippen molar-refractivity contribution in [2.75, 3.05) is 25.5 Å². The smallest absolute Gasteiger partial charge is 0.291 e. The highest BCUT2D eigenvalue weighted by Crippen LogP contribution is 2.19. The molecule has 6 nitrogen and oxygen atoms in total. The van der Waals surface area contributed by atoms with Gasteiger partial charge in [-0.15, -0.1) is 0 Å². The molecule has 1 aliphatic rings. The maximum Gasteiger partial charge on any atom is 0.291 e. The Morgan fingerprint density at radius 3 is 2.82 bits per heavy atom. The van der Waals surface area contributed by atoms with Crippen molar-refractivity contribution in [3.8, 4) is 0 Å². The molecule has 28 heavy (non-hydrogen) atoms. The first-order valence-corrected chi connectivity index (χ1v) is 9.47. The lowest BCUT2D eigenvalue weighted by atomic mass is 10.1. The Labute approximate surface area is 163 Å². The number of furan rings is 1. The molecule has 0 spiro atoms. The molecule has 1 aliphatic heterocycles. The van der Waals surface area contributed by atoms with E-state index in [1.54, 1.807) is 24.9 Å². The lowest BCUT2D eigenvalue weighted by Gasteiger charge is -2.19. The molecule has 1 fully saturated rings. The number of amides is 2.